The van der Waals surface area contributed by atoms with E-state index in [4.69, 9.17) is 14.2 Å². The third-order valence-corrected chi connectivity index (χ3v) is 5.06. The standard InChI is InChI=1S/C22H24N6O3/c1-2-30-22-26-20(25-21(27-22)28-11-13-29-14-12-28)23-16-9-7-15(8-10-16)19-24-17-5-3-4-6-18(17)31-19/h3-10,19,24H,2,11-14H2,1H3,(H,23,25,26,27). The second-order valence-electron chi connectivity index (χ2n) is 7.16. The average molecular weight is 420 g/mol. The van der Waals surface area contributed by atoms with Crippen LogP contribution in [-0.4, -0.2) is 47.9 Å². The fourth-order valence-corrected chi connectivity index (χ4v) is 3.51. The van der Waals surface area contributed by atoms with Gasteiger partial charge in [-0.25, -0.2) is 0 Å². The smallest absolute Gasteiger partial charge is 0.323 e. The Morgan fingerprint density at radius 2 is 1.87 bits per heavy atom. The van der Waals surface area contributed by atoms with Crippen molar-refractivity contribution in [2.45, 2.75) is 13.2 Å². The van der Waals surface area contributed by atoms with Crippen molar-refractivity contribution in [1.29, 1.82) is 0 Å². The first-order valence-electron chi connectivity index (χ1n) is 10.4. The quantitative estimate of drug-likeness (QED) is 0.622. The molecule has 0 aliphatic carbocycles. The summed E-state index contributed by atoms with van der Waals surface area (Å²) >= 11 is 0. The summed E-state index contributed by atoms with van der Waals surface area (Å²) in [6.45, 7) is 5.17. The maximum absolute atomic E-state index is 5.98. The number of hydrogen-bond donors (Lipinski definition) is 2. The number of morpholine rings is 1. The van der Waals surface area contributed by atoms with Gasteiger partial charge in [-0.2, -0.15) is 15.0 Å². The SMILES string of the molecule is CCOc1nc(Nc2ccc(C3Nc4ccccc4O3)cc2)nc(N2CCOCC2)n1. The lowest BCUT2D eigenvalue weighted by Gasteiger charge is -2.27. The minimum Gasteiger partial charge on any atom is -0.464 e. The Labute approximate surface area is 180 Å². The van der Waals surface area contributed by atoms with Crippen molar-refractivity contribution < 1.29 is 14.2 Å². The fraction of sp³-hybridized carbons (Fsp3) is 0.318. The van der Waals surface area contributed by atoms with Gasteiger partial charge in [0.15, 0.2) is 6.23 Å². The van der Waals surface area contributed by atoms with Crippen LogP contribution in [0.3, 0.4) is 0 Å². The number of ether oxygens (including phenoxy) is 3. The van der Waals surface area contributed by atoms with Gasteiger partial charge in [0.25, 0.3) is 0 Å². The molecule has 2 N–H and O–H groups in total. The molecule has 1 aromatic heterocycles. The molecule has 9 nitrogen and oxygen atoms in total. The molecule has 1 saturated heterocycles. The molecule has 160 valence electrons. The fourth-order valence-electron chi connectivity index (χ4n) is 3.51. The van der Waals surface area contributed by atoms with Gasteiger partial charge < -0.3 is 29.7 Å². The van der Waals surface area contributed by atoms with E-state index < -0.39 is 0 Å². The number of nitrogens with one attached hydrogen (secondary N) is 2. The molecule has 31 heavy (non-hydrogen) atoms. The second kappa shape index (κ2) is 8.65. The largest absolute Gasteiger partial charge is 0.464 e. The van der Waals surface area contributed by atoms with E-state index in [0.29, 0.717) is 37.7 Å². The highest BCUT2D eigenvalue weighted by atomic mass is 16.5. The summed E-state index contributed by atoms with van der Waals surface area (Å²) in [7, 11) is 0. The summed E-state index contributed by atoms with van der Waals surface area (Å²) in [4.78, 5) is 15.5. The van der Waals surface area contributed by atoms with Crippen LogP contribution in [0.15, 0.2) is 48.5 Å². The number of rotatable bonds is 6. The number of para-hydroxylation sites is 2. The first kappa shape index (κ1) is 19.4. The van der Waals surface area contributed by atoms with Crippen LogP contribution in [0.5, 0.6) is 11.8 Å². The summed E-state index contributed by atoms with van der Waals surface area (Å²) in [6, 6.07) is 16.2. The zero-order valence-electron chi connectivity index (χ0n) is 17.2. The van der Waals surface area contributed by atoms with Gasteiger partial charge in [-0.3, -0.25) is 0 Å². The molecule has 0 amide bonds. The summed E-state index contributed by atoms with van der Waals surface area (Å²) in [5.41, 5.74) is 2.89. The Bertz CT molecular complexity index is 1010. The van der Waals surface area contributed by atoms with Crippen LogP contribution in [0.25, 0.3) is 0 Å². The summed E-state index contributed by atoms with van der Waals surface area (Å²) in [5.74, 6) is 1.89. The van der Waals surface area contributed by atoms with Gasteiger partial charge in [0.2, 0.25) is 11.9 Å². The van der Waals surface area contributed by atoms with E-state index in [1.54, 1.807) is 0 Å². The van der Waals surface area contributed by atoms with E-state index in [1.807, 2.05) is 55.5 Å². The van der Waals surface area contributed by atoms with E-state index in [-0.39, 0.29) is 6.23 Å². The molecular weight excluding hydrogens is 396 g/mol. The normalized spacial score (nSPS) is 17.5. The van der Waals surface area contributed by atoms with E-state index >= 15 is 0 Å². The van der Waals surface area contributed by atoms with Crippen LogP contribution in [0.2, 0.25) is 0 Å². The lowest BCUT2D eigenvalue weighted by molar-refractivity contribution is 0.122. The van der Waals surface area contributed by atoms with Crippen LogP contribution >= 0.6 is 0 Å². The lowest BCUT2D eigenvalue weighted by Crippen LogP contribution is -2.37. The maximum Gasteiger partial charge on any atom is 0.323 e. The molecule has 3 aromatic rings. The Hall–Kier alpha value is -3.59. The van der Waals surface area contributed by atoms with Gasteiger partial charge in [0, 0.05) is 24.3 Å². The molecule has 2 aliphatic rings. The van der Waals surface area contributed by atoms with E-state index in [0.717, 1.165) is 35.8 Å². The molecule has 9 heteroatoms. The summed E-state index contributed by atoms with van der Waals surface area (Å²) < 4.78 is 17.0. The zero-order valence-corrected chi connectivity index (χ0v) is 17.2. The molecule has 0 spiro atoms. The summed E-state index contributed by atoms with van der Waals surface area (Å²) in [5, 5.41) is 6.63. The highest BCUT2D eigenvalue weighted by Crippen LogP contribution is 2.37. The van der Waals surface area contributed by atoms with Crippen molar-refractivity contribution in [2.24, 2.45) is 0 Å². The second-order valence-corrected chi connectivity index (χ2v) is 7.16. The molecule has 1 fully saturated rings. The molecule has 1 unspecified atom stereocenters. The van der Waals surface area contributed by atoms with Crippen molar-refractivity contribution in [3.05, 3.63) is 54.1 Å². The van der Waals surface area contributed by atoms with Gasteiger partial charge in [-0.1, -0.05) is 24.3 Å². The molecule has 0 radical (unpaired) electrons. The number of hydrogen-bond acceptors (Lipinski definition) is 9. The van der Waals surface area contributed by atoms with Crippen LogP contribution in [0, 0.1) is 0 Å². The van der Waals surface area contributed by atoms with Gasteiger partial charge in [0.05, 0.1) is 25.5 Å². The van der Waals surface area contributed by atoms with Crippen molar-refractivity contribution in [3.63, 3.8) is 0 Å². The molecule has 1 atom stereocenters. The van der Waals surface area contributed by atoms with Gasteiger partial charge in [-0.05, 0) is 31.2 Å². The first-order chi connectivity index (χ1) is 15.3. The van der Waals surface area contributed by atoms with E-state index in [2.05, 4.69) is 30.5 Å². The Morgan fingerprint density at radius 1 is 1.06 bits per heavy atom. The first-order valence-corrected chi connectivity index (χ1v) is 10.4. The van der Waals surface area contributed by atoms with Crippen molar-refractivity contribution in [2.75, 3.05) is 48.4 Å². The van der Waals surface area contributed by atoms with Crippen LogP contribution < -0.4 is 25.0 Å². The third kappa shape index (κ3) is 4.31. The topological polar surface area (TPSA) is 93.7 Å². The van der Waals surface area contributed by atoms with Crippen LogP contribution in [-0.2, 0) is 4.74 Å². The number of benzene rings is 2. The van der Waals surface area contributed by atoms with E-state index in [9.17, 15) is 0 Å². The predicted molar refractivity (Wildman–Crippen MR) is 117 cm³/mol. The Kier molecular flexibility index (Phi) is 5.40. The summed E-state index contributed by atoms with van der Waals surface area (Å²) in [6.07, 6.45) is -0.207. The minimum absolute atomic E-state index is 0.207. The van der Waals surface area contributed by atoms with Crippen molar-refractivity contribution >= 4 is 23.3 Å². The van der Waals surface area contributed by atoms with Gasteiger partial charge >= 0.3 is 6.01 Å². The predicted octanol–water partition coefficient (Wildman–Crippen LogP) is 3.35. The molecule has 2 aromatic carbocycles. The Morgan fingerprint density at radius 3 is 2.65 bits per heavy atom. The third-order valence-electron chi connectivity index (χ3n) is 5.06. The number of anilines is 4. The lowest BCUT2D eigenvalue weighted by atomic mass is 10.2. The van der Waals surface area contributed by atoms with Gasteiger partial charge in [0.1, 0.15) is 5.75 Å². The highest BCUT2D eigenvalue weighted by Gasteiger charge is 2.22. The Balaban J connectivity index is 1.32. The van der Waals surface area contributed by atoms with E-state index in [1.165, 1.54) is 0 Å². The molecular formula is C22H24N6O3. The highest BCUT2D eigenvalue weighted by molar-refractivity contribution is 5.61. The number of fused-ring (bicyclic) bond motifs is 1. The monoisotopic (exact) mass is 420 g/mol. The van der Waals surface area contributed by atoms with Crippen molar-refractivity contribution in [1.82, 2.24) is 15.0 Å². The average Bonchev–Trinajstić information content (AvgIpc) is 3.25. The van der Waals surface area contributed by atoms with Crippen LogP contribution in [0.1, 0.15) is 18.7 Å². The molecule has 0 bridgehead atoms. The minimum atomic E-state index is -0.207. The number of nitrogens with zero attached hydrogens (tertiary/aromatic N) is 4. The molecule has 0 saturated carbocycles. The number of aromatic nitrogens is 3. The maximum atomic E-state index is 5.98. The molecule has 2 aliphatic heterocycles. The zero-order chi connectivity index (χ0) is 21.0. The van der Waals surface area contributed by atoms with Crippen LogP contribution in [0.4, 0.5) is 23.3 Å². The molecule has 5 rings (SSSR count). The molecule has 3 heterocycles. The van der Waals surface area contributed by atoms with Crippen molar-refractivity contribution in [3.8, 4) is 11.8 Å². The van der Waals surface area contributed by atoms with Gasteiger partial charge in [-0.15, -0.1) is 0 Å².